The Balaban J connectivity index is 3.11. The minimum absolute atomic E-state index is 0.330. The van der Waals surface area contributed by atoms with Crippen LogP contribution < -0.4 is 0 Å². The van der Waals surface area contributed by atoms with Crippen LogP contribution in [-0.4, -0.2) is 42.0 Å². The lowest BCUT2D eigenvalue weighted by Crippen LogP contribution is -2.31. The lowest BCUT2D eigenvalue weighted by molar-refractivity contribution is 0.393. The molecule has 1 atom stereocenters. The van der Waals surface area contributed by atoms with E-state index < -0.39 is 10.0 Å². The minimum Gasteiger partial charge on any atom is -0.268 e. The molecule has 0 aromatic carbocycles. The summed E-state index contributed by atoms with van der Waals surface area (Å²) < 4.78 is 28.7. The van der Waals surface area contributed by atoms with Gasteiger partial charge < -0.3 is 0 Å². The fourth-order valence-electron chi connectivity index (χ4n) is 2.30. The van der Waals surface area contributed by atoms with E-state index in [0.29, 0.717) is 41.2 Å². The van der Waals surface area contributed by atoms with Gasteiger partial charge in [-0.25, -0.2) is 12.7 Å². The Bertz CT molecular complexity index is 569. The molecule has 122 valence electrons. The number of nitrogens with zero attached hydrogens (tertiary/aromatic N) is 3. The molecule has 0 radical (unpaired) electrons. The van der Waals surface area contributed by atoms with Crippen molar-refractivity contribution in [1.29, 1.82) is 0 Å². The zero-order valence-electron chi connectivity index (χ0n) is 13.6. The van der Waals surface area contributed by atoms with Crippen LogP contribution in [0.5, 0.6) is 0 Å². The third-order valence-electron chi connectivity index (χ3n) is 3.75. The van der Waals surface area contributed by atoms with Gasteiger partial charge in [0, 0.05) is 26.0 Å². The largest absolute Gasteiger partial charge is 0.268 e. The average Bonchev–Trinajstić information content (AvgIpc) is 2.71. The number of alkyl halides is 1. The van der Waals surface area contributed by atoms with E-state index in [1.165, 1.54) is 4.31 Å². The van der Waals surface area contributed by atoms with Gasteiger partial charge >= 0.3 is 0 Å². The van der Waals surface area contributed by atoms with Crippen molar-refractivity contribution in [2.24, 2.45) is 5.92 Å². The first-order chi connectivity index (χ1) is 9.75. The molecule has 0 spiro atoms. The molecule has 7 heteroatoms. The van der Waals surface area contributed by atoms with Gasteiger partial charge in [0.1, 0.15) is 4.90 Å². The molecule has 5 nitrogen and oxygen atoms in total. The molecule has 1 aromatic rings. The lowest BCUT2D eigenvalue weighted by Gasteiger charge is -2.20. The van der Waals surface area contributed by atoms with Crippen molar-refractivity contribution in [1.82, 2.24) is 14.1 Å². The summed E-state index contributed by atoms with van der Waals surface area (Å²) >= 11 is 5.70. The maximum Gasteiger partial charge on any atom is 0.246 e. The van der Waals surface area contributed by atoms with E-state index in [-0.39, 0.29) is 0 Å². The smallest absolute Gasteiger partial charge is 0.246 e. The number of rotatable bonds is 8. The maximum atomic E-state index is 12.8. The highest BCUT2D eigenvalue weighted by Gasteiger charge is 2.29. The molecular weight excluding hydrogens is 310 g/mol. The summed E-state index contributed by atoms with van der Waals surface area (Å²) in [6, 6.07) is 0. The molecule has 1 rings (SSSR count). The van der Waals surface area contributed by atoms with E-state index in [4.69, 9.17) is 11.6 Å². The van der Waals surface area contributed by atoms with Crippen molar-refractivity contribution in [2.45, 2.75) is 52.0 Å². The first-order valence-electron chi connectivity index (χ1n) is 7.32. The van der Waals surface area contributed by atoms with Gasteiger partial charge in [-0.05, 0) is 26.2 Å². The number of halogens is 1. The highest BCUT2D eigenvalue weighted by molar-refractivity contribution is 7.89. The second kappa shape index (κ2) is 7.61. The zero-order chi connectivity index (χ0) is 16.2. The molecule has 1 unspecified atom stereocenters. The molecule has 0 aliphatic heterocycles. The number of hydrogen-bond acceptors (Lipinski definition) is 3. The quantitative estimate of drug-likeness (QED) is 0.686. The Morgan fingerprint density at radius 3 is 2.52 bits per heavy atom. The van der Waals surface area contributed by atoms with Crippen LogP contribution in [0.4, 0.5) is 0 Å². The third kappa shape index (κ3) is 4.20. The van der Waals surface area contributed by atoms with Crippen LogP contribution in [0.2, 0.25) is 0 Å². The van der Waals surface area contributed by atoms with Crippen molar-refractivity contribution in [3.63, 3.8) is 0 Å². The highest BCUT2D eigenvalue weighted by Crippen LogP contribution is 2.23. The summed E-state index contributed by atoms with van der Waals surface area (Å²) in [6.45, 7) is 8.82. The summed E-state index contributed by atoms with van der Waals surface area (Å²) in [4.78, 5) is 0.336. The standard InChI is InChI=1S/C14H26ClN3O2S/c1-6-11(2)10-17(5)21(19,20)14-12(3)16-18(13(14)4)9-7-8-15/h11H,6-10H2,1-5H3. The highest BCUT2D eigenvalue weighted by atomic mass is 35.5. The maximum absolute atomic E-state index is 12.8. The van der Waals surface area contributed by atoms with Crippen LogP contribution in [0.15, 0.2) is 4.90 Å². The van der Waals surface area contributed by atoms with Crippen molar-refractivity contribution in [2.75, 3.05) is 19.5 Å². The van der Waals surface area contributed by atoms with E-state index >= 15 is 0 Å². The summed E-state index contributed by atoms with van der Waals surface area (Å²) in [5.74, 6) is 0.866. The van der Waals surface area contributed by atoms with Crippen molar-refractivity contribution < 1.29 is 8.42 Å². The molecule has 0 amide bonds. The Morgan fingerprint density at radius 2 is 2.00 bits per heavy atom. The molecule has 0 saturated heterocycles. The Hall–Kier alpha value is -0.590. The predicted molar refractivity (Wildman–Crippen MR) is 86.3 cm³/mol. The SMILES string of the molecule is CCC(C)CN(C)S(=O)(=O)c1c(C)nn(CCCCl)c1C. The molecule has 0 fully saturated rings. The minimum atomic E-state index is -3.49. The molecule has 0 N–H and O–H groups in total. The van der Waals surface area contributed by atoms with Crippen LogP contribution in [0.3, 0.4) is 0 Å². The fourth-order valence-corrected chi connectivity index (χ4v) is 4.08. The topological polar surface area (TPSA) is 55.2 Å². The number of aryl methyl sites for hydroxylation is 2. The van der Waals surface area contributed by atoms with Crippen molar-refractivity contribution in [3.8, 4) is 0 Å². The Labute approximate surface area is 133 Å². The van der Waals surface area contributed by atoms with Crippen LogP contribution >= 0.6 is 11.6 Å². The van der Waals surface area contributed by atoms with Gasteiger partial charge in [0.15, 0.2) is 0 Å². The van der Waals surface area contributed by atoms with Crippen LogP contribution in [-0.2, 0) is 16.6 Å². The second-order valence-electron chi connectivity index (χ2n) is 5.56. The van der Waals surface area contributed by atoms with Crippen LogP contribution in [0.25, 0.3) is 0 Å². The molecule has 0 aliphatic carbocycles. The van der Waals surface area contributed by atoms with Crippen molar-refractivity contribution in [3.05, 3.63) is 11.4 Å². The summed E-state index contributed by atoms with van der Waals surface area (Å²) in [6.07, 6.45) is 1.72. The monoisotopic (exact) mass is 335 g/mol. The van der Waals surface area contributed by atoms with Gasteiger partial charge in [-0.15, -0.1) is 11.6 Å². The van der Waals surface area contributed by atoms with Gasteiger partial charge in [-0.2, -0.15) is 5.10 Å². The molecule has 1 heterocycles. The van der Waals surface area contributed by atoms with E-state index in [0.717, 1.165) is 12.8 Å². The third-order valence-corrected chi connectivity index (χ3v) is 6.10. The van der Waals surface area contributed by atoms with Crippen molar-refractivity contribution >= 4 is 21.6 Å². The molecular formula is C14H26ClN3O2S. The van der Waals surface area contributed by atoms with E-state index in [2.05, 4.69) is 18.9 Å². The number of hydrogen-bond donors (Lipinski definition) is 0. The van der Waals surface area contributed by atoms with Gasteiger partial charge in [0.2, 0.25) is 10.0 Å². The molecule has 1 aromatic heterocycles. The van der Waals surface area contributed by atoms with E-state index in [9.17, 15) is 8.42 Å². The first kappa shape index (κ1) is 18.5. The Kier molecular flexibility index (Phi) is 6.69. The normalized spacial score (nSPS) is 13.9. The van der Waals surface area contributed by atoms with E-state index in [1.54, 1.807) is 25.6 Å². The van der Waals surface area contributed by atoms with Gasteiger partial charge in [-0.1, -0.05) is 20.3 Å². The Morgan fingerprint density at radius 1 is 1.38 bits per heavy atom. The predicted octanol–water partition coefficient (Wildman–Crippen LogP) is 2.80. The molecule has 21 heavy (non-hydrogen) atoms. The number of sulfonamides is 1. The molecule has 0 aliphatic rings. The fraction of sp³-hybridized carbons (Fsp3) is 0.786. The molecule has 0 saturated carbocycles. The van der Waals surface area contributed by atoms with Gasteiger partial charge in [0.25, 0.3) is 0 Å². The molecule has 0 bridgehead atoms. The zero-order valence-corrected chi connectivity index (χ0v) is 15.1. The first-order valence-corrected chi connectivity index (χ1v) is 9.29. The lowest BCUT2D eigenvalue weighted by atomic mass is 10.1. The second-order valence-corrected chi connectivity index (χ2v) is 7.92. The van der Waals surface area contributed by atoms with Gasteiger partial charge in [-0.3, -0.25) is 4.68 Å². The summed E-state index contributed by atoms with van der Waals surface area (Å²) in [5.41, 5.74) is 1.24. The van der Waals surface area contributed by atoms with Crippen LogP contribution in [0.1, 0.15) is 38.1 Å². The van der Waals surface area contributed by atoms with Gasteiger partial charge in [0.05, 0.1) is 11.4 Å². The number of aromatic nitrogens is 2. The summed E-state index contributed by atoms with van der Waals surface area (Å²) in [5, 5.41) is 4.35. The average molecular weight is 336 g/mol. The summed E-state index contributed by atoms with van der Waals surface area (Å²) in [7, 11) is -1.86. The van der Waals surface area contributed by atoms with E-state index in [1.807, 2.05) is 0 Å². The van der Waals surface area contributed by atoms with Crippen LogP contribution in [0, 0.1) is 19.8 Å².